The number of hydrogen-bond acceptors (Lipinski definition) is 4. The van der Waals surface area contributed by atoms with Gasteiger partial charge in [0.1, 0.15) is 5.82 Å². The molecule has 1 aliphatic rings. The monoisotopic (exact) mass is 311 g/mol. The lowest BCUT2D eigenvalue weighted by Gasteiger charge is -2.13. The van der Waals surface area contributed by atoms with E-state index in [2.05, 4.69) is 10.2 Å². The topological polar surface area (TPSA) is 64.8 Å². The third kappa shape index (κ3) is 2.45. The molecule has 0 N–H and O–H groups in total. The van der Waals surface area contributed by atoms with Crippen molar-refractivity contribution in [2.45, 2.75) is 36.9 Å². The summed E-state index contributed by atoms with van der Waals surface area (Å²) in [5, 5.41) is 7.72. The number of hydrogen-bond donors (Lipinski definition) is 0. The zero-order valence-electron chi connectivity index (χ0n) is 10.9. The second kappa shape index (κ2) is 4.86. The minimum atomic E-state index is -3.87. The van der Waals surface area contributed by atoms with Crippen molar-refractivity contribution in [3.63, 3.8) is 0 Å². The van der Waals surface area contributed by atoms with Gasteiger partial charge >= 0.3 is 0 Å². The number of halogens is 1. The van der Waals surface area contributed by atoms with E-state index in [0.717, 1.165) is 18.4 Å². The van der Waals surface area contributed by atoms with Crippen LogP contribution in [0.15, 0.2) is 35.5 Å². The second-order valence-corrected chi connectivity index (χ2v) is 7.47. The Labute approximate surface area is 122 Å². The first kappa shape index (κ1) is 13.6. The summed E-state index contributed by atoms with van der Waals surface area (Å²) in [5.41, 5.74) is 1.07. The van der Waals surface area contributed by atoms with E-state index in [1.165, 1.54) is 0 Å². The smallest absolute Gasteiger partial charge is 0.296 e. The zero-order chi connectivity index (χ0) is 14.3. The molecule has 0 saturated heterocycles. The Morgan fingerprint density at radius 2 is 1.90 bits per heavy atom. The molecule has 20 heavy (non-hydrogen) atoms. The third-order valence-electron chi connectivity index (χ3n) is 3.51. The summed E-state index contributed by atoms with van der Waals surface area (Å²) in [6.07, 6.45) is 1.87. The molecule has 0 amide bonds. The van der Waals surface area contributed by atoms with Gasteiger partial charge in [-0.2, -0.15) is 0 Å². The Bertz CT molecular complexity index is 723. The molecule has 1 aromatic carbocycles. The molecule has 0 radical (unpaired) electrons. The molecule has 5 nitrogen and oxygen atoms in total. The first-order chi connectivity index (χ1) is 9.48. The van der Waals surface area contributed by atoms with Crippen molar-refractivity contribution in [1.29, 1.82) is 0 Å². The quantitative estimate of drug-likeness (QED) is 0.814. The van der Waals surface area contributed by atoms with Gasteiger partial charge in [-0.25, -0.2) is 8.42 Å². The third-order valence-corrected chi connectivity index (χ3v) is 4.64. The number of rotatable bonds is 4. The maximum absolute atomic E-state index is 11.6. The van der Waals surface area contributed by atoms with Gasteiger partial charge in [-0.3, -0.25) is 4.57 Å². The molecule has 0 spiro atoms. The summed E-state index contributed by atoms with van der Waals surface area (Å²) in [5.74, 6) is 0.620. The summed E-state index contributed by atoms with van der Waals surface area (Å²) in [7, 11) is 1.58. The molecule has 0 bridgehead atoms. The van der Waals surface area contributed by atoms with E-state index in [-0.39, 0.29) is 17.1 Å². The van der Waals surface area contributed by atoms with Gasteiger partial charge in [0.25, 0.3) is 14.2 Å². The molecule has 3 rings (SSSR count). The Balaban J connectivity index is 2.09. The summed E-state index contributed by atoms with van der Waals surface area (Å²) in [4.78, 5) is 0. The van der Waals surface area contributed by atoms with Crippen molar-refractivity contribution in [3.8, 4) is 0 Å². The summed E-state index contributed by atoms with van der Waals surface area (Å²) in [6.45, 7) is 1.99. The standard InChI is InChI=1S/C13H14ClN3O2S/c1-9(10-5-3-2-4-6-10)12-15-16-13(20(14,18)19)17(12)11-7-8-11/h2-6,9,11H,7-8H2,1H3. The van der Waals surface area contributed by atoms with Gasteiger partial charge in [0.15, 0.2) is 0 Å². The Morgan fingerprint density at radius 3 is 2.45 bits per heavy atom. The second-order valence-electron chi connectivity index (χ2n) is 5.01. The van der Waals surface area contributed by atoms with E-state index in [1.54, 1.807) is 4.57 Å². The highest BCUT2D eigenvalue weighted by Crippen LogP contribution is 2.40. The van der Waals surface area contributed by atoms with Crippen LogP contribution in [0.5, 0.6) is 0 Å². The molecule has 1 heterocycles. The van der Waals surface area contributed by atoms with Gasteiger partial charge < -0.3 is 0 Å². The van der Waals surface area contributed by atoms with E-state index in [9.17, 15) is 8.42 Å². The molecule has 106 valence electrons. The predicted octanol–water partition coefficient (Wildman–Crippen LogP) is 2.69. The van der Waals surface area contributed by atoms with Gasteiger partial charge in [-0.05, 0) is 18.4 Å². The lowest BCUT2D eigenvalue weighted by Crippen LogP contribution is -2.11. The largest absolute Gasteiger partial charge is 0.297 e. The lowest BCUT2D eigenvalue weighted by molar-refractivity contribution is 0.564. The van der Waals surface area contributed by atoms with Crippen LogP contribution < -0.4 is 0 Å². The van der Waals surface area contributed by atoms with Crippen LogP contribution in [0.4, 0.5) is 0 Å². The molecular formula is C13H14ClN3O2S. The van der Waals surface area contributed by atoms with E-state index in [0.29, 0.717) is 5.82 Å². The average Bonchev–Trinajstić information content (AvgIpc) is 3.16. The average molecular weight is 312 g/mol. The van der Waals surface area contributed by atoms with Crippen molar-refractivity contribution in [3.05, 3.63) is 41.7 Å². The molecule has 1 aromatic heterocycles. The maximum atomic E-state index is 11.6. The number of nitrogens with zero attached hydrogens (tertiary/aromatic N) is 3. The van der Waals surface area contributed by atoms with E-state index >= 15 is 0 Å². The molecule has 1 saturated carbocycles. The van der Waals surface area contributed by atoms with Gasteiger partial charge in [-0.1, -0.05) is 37.3 Å². The maximum Gasteiger partial charge on any atom is 0.296 e. The van der Waals surface area contributed by atoms with Crippen molar-refractivity contribution in [1.82, 2.24) is 14.8 Å². The molecule has 1 fully saturated rings. The normalized spacial score (nSPS) is 17.1. The van der Waals surface area contributed by atoms with Crippen molar-refractivity contribution >= 4 is 19.7 Å². The zero-order valence-corrected chi connectivity index (χ0v) is 12.5. The minimum absolute atomic E-state index is 0.0310. The van der Waals surface area contributed by atoms with Gasteiger partial charge in [-0.15, -0.1) is 10.2 Å². The molecule has 1 unspecified atom stereocenters. The summed E-state index contributed by atoms with van der Waals surface area (Å²) < 4.78 is 24.9. The van der Waals surface area contributed by atoms with Crippen LogP contribution in [-0.2, 0) is 9.05 Å². The first-order valence-electron chi connectivity index (χ1n) is 6.43. The number of aromatic nitrogens is 3. The summed E-state index contributed by atoms with van der Waals surface area (Å²) >= 11 is 0. The first-order valence-corrected chi connectivity index (χ1v) is 8.74. The fraction of sp³-hybridized carbons (Fsp3) is 0.385. The van der Waals surface area contributed by atoms with Crippen LogP contribution in [0, 0.1) is 0 Å². The van der Waals surface area contributed by atoms with Crippen molar-refractivity contribution in [2.75, 3.05) is 0 Å². The number of benzene rings is 1. The highest BCUT2D eigenvalue weighted by atomic mass is 35.7. The van der Waals surface area contributed by atoms with Gasteiger partial charge in [0, 0.05) is 22.6 Å². The van der Waals surface area contributed by atoms with Crippen LogP contribution in [0.2, 0.25) is 0 Å². The highest BCUT2D eigenvalue weighted by molar-refractivity contribution is 8.13. The fourth-order valence-electron chi connectivity index (χ4n) is 2.32. The molecule has 0 aliphatic heterocycles. The van der Waals surface area contributed by atoms with Crippen LogP contribution in [-0.4, -0.2) is 23.2 Å². The van der Waals surface area contributed by atoms with E-state index in [4.69, 9.17) is 10.7 Å². The molecular weight excluding hydrogens is 298 g/mol. The van der Waals surface area contributed by atoms with Crippen LogP contribution in [0.1, 0.15) is 43.1 Å². The van der Waals surface area contributed by atoms with Crippen LogP contribution >= 0.6 is 10.7 Å². The molecule has 1 aliphatic carbocycles. The predicted molar refractivity (Wildman–Crippen MR) is 75.3 cm³/mol. The molecule has 2 aromatic rings. The SMILES string of the molecule is CC(c1ccccc1)c1nnc(S(=O)(=O)Cl)n1C1CC1. The Hall–Kier alpha value is -1.40. The van der Waals surface area contributed by atoms with E-state index < -0.39 is 9.05 Å². The van der Waals surface area contributed by atoms with Crippen molar-refractivity contribution < 1.29 is 8.42 Å². The van der Waals surface area contributed by atoms with Gasteiger partial charge in [0.2, 0.25) is 0 Å². The summed E-state index contributed by atoms with van der Waals surface area (Å²) in [6, 6.07) is 9.97. The molecule has 1 atom stereocenters. The Kier molecular flexibility index (Phi) is 3.30. The van der Waals surface area contributed by atoms with E-state index in [1.807, 2.05) is 37.3 Å². The fourth-order valence-corrected chi connectivity index (χ4v) is 3.25. The van der Waals surface area contributed by atoms with Crippen LogP contribution in [0.25, 0.3) is 0 Å². The molecule has 7 heteroatoms. The Morgan fingerprint density at radius 1 is 1.25 bits per heavy atom. The lowest BCUT2D eigenvalue weighted by atomic mass is 10.0. The van der Waals surface area contributed by atoms with Crippen LogP contribution in [0.3, 0.4) is 0 Å². The highest BCUT2D eigenvalue weighted by Gasteiger charge is 2.35. The minimum Gasteiger partial charge on any atom is -0.297 e. The van der Waals surface area contributed by atoms with Gasteiger partial charge in [0.05, 0.1) is 0 Å². The van der Waals surface area contributed by atoms with Crippen molar-refractivity contribution in [2.24, 2.45) is 0 Å².